The number of halogens is 3. The van der Waals surface area contributed by atoms with Crippen LogP contribution < -0.4 is 5.14 Å². The largest absolute Gasteiger partial charge is 0.388 e. The first kappa shape index (κ1) is 27.5. The van der Waals surface area contributed by atoms with Gasteiger partial charge in [0.1, 0.15) is 22.5 Å². The summed E-state index contributed by atoms with van der Waals surface area (Å²) in [5.74, 6) is -0.162. The highest BCUT2D eigenvalue weighted by atomic mass is 32.2. The zero-order valence-corrected chi connectivity index (χ0v) is 18.5. The molecule has 0 aliphatic carbocycles. The van der Waals surface area contributed by atoms with Crippen molar-refractivity contribution >= 4 is 11.0 Å². The molecule has 0 aliphatic rings. The molecule has 0 saturated heterocycles. The molecule has 1 atom stereocenters. The summed E-state index contributed by atoms with van der Waals surface area (Å²) in [6.07, 6.45) is -1.15. The molecule has 9 heteroatoms. The molecule has 0 radical (unpaired) electrons. The summed E-state index contributed by atoms with van der Waals surface area (Å²) in [7, 11) is 1.70. The van der Waals surface area contributed by atoms with Gasteiger partial charge in [0.15, 0.2) is 0 Å². The summed E-state index contributed by atoms with van der Waals surface area (Å²) in [6, 6.07) is 14.1. The molecule has 0 saturated carbocycles. The lowest BCUT2D eigenvalue weighted by atomic mass is 10.2. The van der Waals surface area contributed by atoms with Gasteiger partial charge in [-0.1, -0.05) is 26.0 Å². The topological polar surface area (TPSA) is 70.1 Å². The first-order valence-electron chi connectivity index (χ1n) is 9.01. The van der Waals surface area contributed by atoms with Gasteiger partial charge in [-0.15, -0.1) is 0 Å². The standard InChI is InChI=1S/C10H9F2N3OS.C7H7F.C2H6O.C2H6/c11-10(12)9-5-6-15(14-9)7-1-3-8(4-2-7)17(13)16;1-6-3-2-4-7(8)5-6;1-3-2;1-2/h1-6,10H,13H2;2-5H,1H3;1-2H3;1-2H3. The number of methoxy groups -OCH3 is 1. The van der Waals surface area contributed by atoms with E-state index in [1.54, 1.807) is 44.6 Å². The number of benzene rings is 2. The molecule has 1 aromatic heterocycles. The van der Waals surface area contributed by atoms with Crippen LogP contribution in [0.15, 0.2) is 65.7 Å². The summed E-state index contributed by atoms with van der Waals surface area (Å²) >= 11 is 0. The Hall–Kier alpha value is -2.49. The van der Waals surface area contributed by atoms with E-state index in [0.29, 0.717) is 10.6 Å². The van der Waals surface area contributed by atoms with Crippen molar-refractivity contribution in [3.63, 3.8) is 0 Å². The van der Waals surface area contributed by atoms with Crippen LogP contribution in [0.4, 0.5) is 13.2 Å². The van der Waals surface area contributed by atoms with Gasteiger partial charge in [-0.05, 0) is 55.0 Å². The number of hydrogen-bond donors (Lipinski definition) is 1. The van der Waals surface area contributed by atoms with Crippen molar-refractivity contribution in [2.45, 2.75) is 32.1 Å². The molecule has 5 nitrogen and oxygen atoms in total. The molecule has 0 bridgehead atoms. The van der Waals surface area contributed by atoms with Crippen molar-refractivity contribution in [2.75, 3.05) is 14.2 Å². The molecule has 30 heavy (non-hydrogen) atoms. The van der Waals surface area contributed by atoms with E-state index in [-0.39, 0.29) is 11.5 Å². The molecular formula is C21H28F3N3O2S. The third-order valence-electron chi connectivity index (χ3n) is 3.15. The van der Waals surface area contributed by atoms with Gasteiger partial charge >= 0.3 is 0 Å². The van der Waals surface area contributed by atoms with Gasteiger partial charge in [0.05, 0.1) is 10.6 Å². The van der Waals surface area contributed by atoms with Gasteiger partial charge in [0.2, 0.25) is 0 Å². The second kappa shape index (κ2) is 15.4. The molecule has 3 rings (SSSR count). The number of nitrogens with two attached hydrogens (primary N) is 1. The number of ether oxygens (including phenoxy) is 1. The van der Waals surface area contributed by atoms with Crippen LogP contribution in [0.5, 0.6) is 0 Å². The number of aromatic nitrogens is 2. The first-order chi connectivity index (χ1) is 14.3. The maximum atomic E-state index is 12.3. The van der Waals surface area contributed by atoms with E-state index in [0.717, 1.165) is 5.56 Å². The summed E-state index contributed by atoms with van der Waals surface area (Å²) in [6.45, 7) is 5.86. The van der Waals surface area contributed by atoms with Gasteiger partial charge in [-0.2, -0.15) is 5.10 Å². The average Bonchev–Trinajstić information content (AvgIpc) is 3.21. The molecule has 0 amide bonds. The molecule has 2 aromatic carbocycles. The van der Waals surface area contributed by atoms with Crippen molar-refractivity contribution < 1.29 is 22.1 Å². The minimum absolute atomic E-state index is 0.162. The highest BCUT2D eigenvalue weighted by Crippen LogP contribution is 2.18. The van der Waals surface area contributed by atoms with E-state index in [4.69, 9.17) is 5.14 Å². The quantitative estimate of drug-likeness (QED) is 0.604. The number of alkyl halides is 2. The van der Waals surface area contributed by atoms with Crippen molar-refractivity contribution in [3.8, 4) is 5.69 Å². The van der Waals surface area contributed by atoms with E-state index < -0.39 is 17.4 Å². The van der Waals surface area contributed by atoms with Gasteiger partial charge in [0, 0.05) is 20.4 Å². The zero-order chi connectivity index (χ0) is 23.1. The Morgan fingerprint density at radius 3 is 2.00 bits per heavy atom. The van der Waals surface area contributed by atoms with Gasteiger partial charge < -0.3 is 4.74 Å². The third kappa shape index (κ3) is 10.3. The van der Waals surface area contributed by atoms with Crippen LogP contribution in [0.1, 0.15) is 31.5 Å². The molecule has 1 unspecified atom stereocenters. The molecule has 0 spiro atoms. The fourth-order valence-corrected chi connectivity index (χ4v) is 2.34. The van der Waals surface area contributed by atoms with Crippen LogP contribution in [0.25, 0.3) is 5.69 Å². The molecule has 1 heterocycles. The Bertz CT molecular complexity index is 855. The maximum Gasteiger partial charge on any atom is 0.282 e. The normalized spacial score (nSPS) is 10.6. The Morgan fingerprint density at radius 1 is 1.07 bits per heavy atom. The van der Waals surface area contributed by atoms with Crippen molar-refractivity contribution in [1.82, 2.24) is 9.78 Å². The van der Waals surface area contributed by atoms with E-state index in [1.807, 2.05) is 26.8 Å². The lowest BCUT2D eigenvalue weighted by molar-refractivity contribution is 0.145. The van der Waals surface area contributed by atoms with Crippen molar-refractivity contribution in [1.29, 1.82) is 0 Å². The molecule has 0 aliphatic heterocycles. The second-order valence-corrected chi connectivity index (χ2v) is 6.55. The highest BCUT2D eigenvalue weighted by Gasteiger charge is 2.11. The fourth-order valence-electron chi connectivity index (χ4n) is 1.94. The van der Waals surface area contributed by atoms with E-state index in [2.05, 4.69) is 9.84 Å². The molecule has 0 fully saturated rings. The minimum Gasteiger partial charge on any atom is -0.388 e. The van der Waals surface area contributed by atoms with Crippen molar-refractivity contribution in [3.05, 3.63) is 77.9 Å². The number of rotatable bonds is 3. The Morgan fingerprint density at radius 2 is 1.63 bits per heavy atom. The second-order valence-electron chi connectivity index (χ2n) is 5.48. The van der Waals surface area contributed by atoms with Crippen LogP contribution in [0, 0.1) is 12.7 Å². The average molecular weight is 444 g/mol. The van der Waals surface area contributed by atoms with Crippen LogP contribution in [0.3, 0.4) is 0 Å². The summed E-state index contributed by atoms with van der Waals surface area (Å²) in [4.78, 5) is 0.468. The summed E-state index contributed by atoms with van der Waals surface area (Å²) in [5.41, 5.74) is 1.28. The van der Waals surface area contributed by atoms with E-state index in [1.165, 1.54) is 29.1 Å². The number of aryl methyl sites for hydroxylation is 1. The summed E-state index contributed by atoms with van der Waals surface area (Å²) < 4.78 is 53.4. The van der Waals surface area contributed by atoms with Gasteiger partial charge in [-0.3, -0.25) is 0 Å². The molecule has 3 aromatic rings. The highest BCUT2D eigenvalue weighted by molar-refractivity contribution is 7.82. The Kier molecular flexibility index (Phi) is 14.1. The van der Waals surface area contributed by atoms with Crippen LogP contribution in [-0.4, -0.2) is 28.2 Å². The third-order valence-corrected chi connectivity index (χ3v) is 3.88. The predicted octanol–water partition coefficient (Wildman–Crippen LogP) is 5.21. The predicted molar refractivity (Wildman–Crippen MR) is 115 cm³/mol. The summed E-state index contributed by atoms with van der Waals surface area (Å²) in [5, 5.41) is 8.91. The SMILES string of the molecule is CC.COC.Cc1cccc(F)c1.NS(=O)c1ccc(-n2ccc(C(F)F)n2)cc1. The number of hydrogen-bond acceptors (Lipinski definition) is 3. The monoisotopic (exact) mass is 443 g/mol. The molecule has 166 valence electrons. The lowest BCUT2D eigenvalue weighted by Gasteiger charge is -2.02. The Balaban J connectivity index is 0.000000539. The minimum atomic E-state index is -2.59. The van der Waals surface area contributed by atoms with Gasteiger partial charge in [-0.25, -0.2) is 27.2 Å². The molecule has 2 N–H and O–H groups in total. The maximum absolute atomic E-state index is 12.3. The number of nitrogens with zero attached hydrogens (tertiary/aromatic N) is 2. The van der Waals surface area contributed by atoms with Crippen LogP contribution >= 0.6 is 0 Å². The fraction of sp³-hybridized carbons (Fsp3) is 0.286. The zero-order valence-electron chi connectivity index (χ0n) is 17.7. The first-order valence-corrected chi connectivity index (χ1v) is 10.2. The smallest absolute Gasteiger partial charge is 0.282 e. The van der Waals surface area contributed by atoms with Crippen LogP contribution in [-0.2, 0) is 15.7 Å². The van der Waals surface area contributed by atoms with E-state index in [9.17, 15) is 17.4 Å². The van der Waals surface area contributed by atoms with Gasteiger partial charge in [0.25, 0.3) is 6.43 Å². The Labute approximate surface area is 178 Å². The molecular weight excluding hydrogens is 415 g/mol. The van der Waals surface area contributed by atoms with Crippen molar-refractivity contribution in [2.24, 2.45) is 5.14 Å². The van der Waals surface area contributed by atoms with E-state index >= 15 is 0 Å². The lowest BCUT2D eigenvalue weighted by Crippen LogP contribution is -2.03. The van der Waals surface area contributed by atoms with Crippen LogP contribution in [0.2, 0.25) is 0 Å².